The Morgan fingerprint density at radius 3 is 2.67 bits per heavy atom. The molecule has 88 valence electrons. The average Bonchev–Trinajstić information content (AvgIpc) is 2.84. The Balaban J connectivity index is 1.48. The van der Waals surface area contributed by atoms with Gasteiger partial charge in [-0.2, -0.15) is 0 Å². The molecule has 1 aliphatic heterocycles. The highest BCUT2D eigenvalue weighted by Gasteiger charge is 2.22. The Morgan fingerprint density at radius 1 is 1.20 bits per heavy atom. The Labute approximate surface area is 92.8 Å². The molecule has 1 saturated heterocycles. The van der Waals surface area contributed by atoms with Crippen LogP contribution in [0.5, 0.6) is 0 Å². The number of hydrogen-bond donors (Lipinski definition) is 2. The van der Waals surface area contributed by atoms with Crippen molar-refractivity contribution >= 4 is 0 Å². The second-order valence-corrected chi connectivity index (χ2v) is 5.09. The lowest BCUT2D eigenvalue weighted by molar-refractivity contribution is 0.177. The normalized spacial score (nSPS) is 32.6. The molecule has 0 amide bonds. The largest absolute Gasteiger partial charge is 0.393 e. The maximum Gasteiger partial charge on any atom is 0.0543 e. The maximum atomic E-state index is 9.39. The van der Waals surface area contributed by atoms with Gasteiger partial charge in [0.05, 0.1) is 6.10 Å². The molecule has 15 heavy (non-hydrogen) atoms. The van der Waals surface area contributed by atoms with E-state index in [0.717, 1.165) is 31.8 Å². The molecule has 2 aliphatic rings. The van der Waals surface area contributed by atoms with Gasteiger partial charge in [-0.1, -0.05) is 0 Å². The van der Waals surface area contributed by atoms with Crippen molar-refractivity contribution in [3.8, 4) is 0 Å². The van der Waals surface area contributed by atoms with Crippen LogP contribution in [0.25, 0.3) is 0 Å². The number of nitrogens with zero attached hydrogens (tertiary/aromatic N) is 1. The molecule has 0 bridgehead atoms. The molecular formula is C12H24N2O. The summed E-state index contributed by atoms with van der Waals surface area (Å²) in [6.07, 6.45) is 5.98. The summed E-state index contributed by atoms with van der Waals surface area (Å²) in [5.41, 5.74) is 0. The number of hydrogen-bond acceptors (Lipinski definition) is 3. The summed E-state index contributed by atoms with van der Waals surface area (Å²) in [5, 5.41) is 12.9. The van der Waals surface area contributed by atoms with Gasteiger partial charge in [0.2, 0.25) is 0 Å². The fraction of sp³-hybridized carbons (Fsp3) is 1.00. The van der Waals surface area contributed by atoms with Crippen LogP contribution in [0.15, 0.2) is 0 Å². The molecular weight excluding hydrogens is 188 g/mol. The van der Waals surface area contributed by atoms with Crippen molar-refractivity contribution in [1.82, 2.24) is 10.2 Å². The van der Waals surface area contributed by atoms with Gasteiger partial charge in [0.15, 0.2) is 0 Å². The smallest absolute Gasteiger partial charge is 0.0543 e. The first kappa shape index (κ1) is 11.4. The van der Waals surface area contributed by atoms with E-state index in [-0.39, 0.29) is 6.10 Å². The third kappa shape index (κ3) is 3.74. The van der Waals surface area contributed by atoms with Gasteiger partial charge >= 0.3 is 0 Å². The van der Waals surface area contributed by atoms with Crippen LogP contribution in [0, 0.1) is 5.92 Å². The lowest BCUT2D eigenvalue weighted by Gasteiger charge is -2.16. The zero-order valence-corrected chi connectivity index (χ0v) is 9.62. The highest BCUT2D eigenvalue weighted by Crippen LogP contribution is 2.24. The molecule has 1 heterocycles. The standard InChI is InChI=1S/C12H24N2O/c15-12-4-3-11(9-12)10-13-5-8-14-6-1-2-7-14/h11-13,15H,1-10H2. The molecule has 2 N–H and O–H groups in total. The minimum absolute atomic E-state index is 0.0182. The van der Waals surface area contributed by atoms with E-state index in [0.29, 0.717) is 0 Å². The van der Waals surface area contributed by atoms with E-state index < -0.39 is 0 Å². The topological polar surface area (TPSA) is 35.5 Å². The van der Waals surface area contributed by atoms with Crippen molar-refractivity contribution < 1.29 is 5.11 Å². The van der Waals surface area contributed by atoms with Gasteiger partial charge in [-0.3, -0.25) is 0 Å². The minimum Gasteiger partial charge on any atom is -0.393 e. The van der Waals surface area contributed by atoms with Crippen LogP contribution >= 0.6 is 0 Å². The van der Waals surface area contributed by atoms with E-state index in [1.807, 2.05) is 0 Å². The number of aliphatic hydroxyl groups is 1. The van der Waals surface area contributed by atoms with E-state index in [1.165, 1.54) is 38.9 Å². The van der Waals surface area contributed by atoms with Crippen molar-refractivity contribution in [3.05, 3.63) is 0 Å². The Kier molecular flexibility index (Phi) is 4.42. The minimum atomic E-state index is -0.0182. The first-order valence-electron chi connectivity index (χ1n) is 6.46. The summed E-state index contributed by atoms with van der Waals surface area (Å²) in [6.45, 7) is 6.01. The molecule has 1 aliphatic carbocycles. The fourth-order valence-electron chi connectivity index (χ4n) is 2.78. The lowest BCUT2D eigenvalue weighted by atomic mass is 10.1. The molecule has 2 rings (SSSR count). The van der Waals surface area contributed by atoms with Crippen LogP contribution in [0.1, 0.15) is 32.1 Å². The number of likely N-dealkylation sites (tertiary alicyclic amines) is 1. The fourth-order valence-corrected chi connectivity index (χ4v) is 2.78. The number of nitrogens with one attached hydrogen (secondary N) is 1. The number of rotatable bonds is 5. The maximum absolute atomic E-state index is 9.39. The van der Waals surface area contributed by atoms with Crippen LogP contribution in [0.3, 0.4) is 0 Å². The van der Waals surface area contributed by atoms with E-state index in [2.05, 4.69) is 10.2 Å². The van der Waals surface area contributed by atoms with Gasteiger partial charge in [0.25, 0.3) is 0 Å². The summed E-state index contributed by atoms with van der Waals surface area (Å²) in [7, 11) is 0. The van der Waals surface area contributed by atoms with Crippen LogP contribution < -0.4 is 5.32 Å². The monoisotopic (exact) mass is 212 g/mol. The molecule has 1 saturated carbocycles. The second-order valence-electron chi connectivity index (χ2n) is 5.09. The highest BCUT2D eigenvalue weighted by atomic mass is 16.3. The summed E-state index contributed by atoms with van der Waals surface area (Å²) in [4.78, 5) is 2.54. The van der Waals surface area contributed by atoms with Gasteiger partial charge in [-0.15, -0.1) is 0 Å². The predicted octanol–water partition coefficient (Wildman–Crippen LogP) is 0.833. The molecule has 2 fully saturated rings. The summed E-state index contributed by atoms with van der Waals surface area (Å²) < 4.78 is 0. The van der Waals surface area contributed by atoms with Crippen LogP contribution in [0.4, 0.5) is 0 Å². The molecule has 0 spiro atoms. The van der Waals surface area contributed by atoms with Gasteiger partial charge < -0.3 is 15.3 Å². The van der Waals surface area contributed by atoms with Gasteiger partial charge in [-0.05, 0) is 57.7 Å². The van der Waals surface area contributed by atoms with E-state index >= 15 is 0 Å². The van der Waals surface area contributed by atoms with Crippen molar-refractivity contribution in [2.45, 2.75) is 38.2 Å². The third-order valence-corrected chi connectivity index (χ3v) is 3.75. The first-order valence-corrected chi connectivity index (χ1v) is 6.46. The van der Waals surface area contributed by atoms with E-state index in [9.17, 15) is 5.11 Å². The third-order valence-electron chi connectivity index (χ3n) is 3.75. The highest BCUT2D eigenvalue weighted by molar-refractivity contribution is 4.76. The van der Waals surface area contributed by atoms with E-state index in [1.54, 1.807) is 0 Å². The van der Waals surface area contributed by atoms with Crippen LogP contribution in [-0.2, 0) is 0 Å². The number of aliphatic hydroxyl groups excluding tert-OH is 1. The van der Waals surface area contributed by atoms with Gasteiger partial charge in [-0.25, -0.2) is 0 Å². The molecule has 2 unspecified atom stereocenters. The molecule has 0 aromatic carbocycles. The van der Waals surface area contributed by atoms with Crippen LogP contribution in [-0.4, -0.2) is 48.8 Å². The Morgan fingerprint density at radius 2 is 2.00 bits per heavy atom. The molecule has 3 heteroatoms. The van der Waals surface area contributed by atoms with Gasteiger partial charge in [0, 0.05) is 13.1 Å². The SMILES string of the molecule is OC1CCC(CNCCN2CCCC2)C1. The molecule has 2 atom stereocenters. The van der Waals surface area contributed by atoms with Crippen molar-refractivity contribution in [2.75, 3.05) is 32.7 Å². The molecule has 3 nitrogen and oxygen atoms in total. The first-order chi connectivity index (χ1) is 7.34. The van der Waals surface area contributed by atoms with E-state index in [4.69, 9.17) is 0 Å². The average molecular weight is 212 g/mol. The van der Waals surface area contributed by atoms with Crippen molar-refractivity contribution in [1.29, 1.82) is 0 Å². The quantitative estimate of drug-likeness (QED) is 0.663. The van der Waals surface area contributed by atoms with Crippen molar-refractivity contribution in [2.24, 2.45) is 5.92 Å². The van der Waals surface area contributed by atoms with Crippen LogP contribution in [0.2, 0.25) is 0 Å². The molecule has 0 radical (unpaired) electrons. The predicted molar refractivity (Wildman–Crippen MR) is 61.9 cm³/mol. The Hall–Kier alpha value is -0.120. The van der Waals surface area contributed by atoms with Gasteiger partial charge in [0.1, 0.15) is 0 Å². The summed E-state index contributed by atoms with van der Waals surface area (Å²) >= 11 is 0. The summed E-state index contributed by atoms with van der Waals surface area (Å²) in [5.74, 6) is 0.721. The molecule has 0 aromatic rings. The lowest BCUT2D eigenvalue weighted by Crippen LogP contribution is -2.32. The zero-order valence-electron chi connectivity index (χ0n) is 9.62. The summed E-state index contributed by atoms with van der Waals surface area (Å²) in [6, 6.07) is 0. The zero-order chi connectivity index (χ0) is 10.5. The Bertz CT molecular complexity index is 180. The molecule has 0 aromatic heterocycles. The second kappa shape index (κ2) is 5.83. The van der Waals surface area contributed by atoms with Crippen molar-refractivity contribution in [3.63, 3.8) is 0 Å².